The van der Waals surface area contributed by atoms with Crippen molar-refractivity contribution in [1.29, 1.82) is 0 Å². The first-order chi connectivity index (χ1) is 8.27. The van der Waals surface area contributed by atoms with E-state index in [0.29, 0.717) is 25.7 Å². The molecule has 18 heavy (non-hydrogen) atoms. The largest absolute Gasteiger partial charge is 0.457 e. The zero-order valence-corrected chi connectivity index (χ0v) is 10.4. The van der Waals surface area contributed by atoms with E-state index in [0.717, 1.165) is 19.3 Å². The van der Waals surface area contributed by atoms with Crippen molar-refractivity contribution in [3.05, 3.63) is 0 Å². The van der Waals surface area contributed by atoms with E-state index in [2.05, 4.69) is 0 Å². The Morgan fingerprint density at radius 3 is 2.28 bits per heavy atom. The van der Waals surface area contributed by atoms with E-state index >= 15 is 0 Å². The molecule has 2 atom stereocenters. The van der Waals surface area contributed by atoms with Gasteiger partial charge in [0.05, 0.1) is 5.60 Å². The molecule has 0 saturated heterocycles. The fourth-order valence-corrected chi connectivity index (χ4v) is 4.35. The van der Waals surface area contributed by atoms with Crippen LogP contribution in [0.15, 0.2) is 0 Å². The number of hydrogen-bond donors (Lipinski definition) is 1. The molecule has 4 rings (SSSR count). The van der Waals surface area contributed by atoms with Crippen molar-refractivity contribution in [2.75, 3.05) is 0 Å². The summed E-state index contributed by atoms with van der Waals surface area (Å²) < 4.78 is 30.8. The zero-order valence-electron chi connectivity index (χ0n) is 10.4. The van der Waals surface area contributed by atoms with Crippen molar-refractivity contribution < 1.29 is 23.4 Å². The molecule has 4 bridgehead atoms. The third-order valence-electron chi connectivity index (χ3n) is 4.76. The number of rotatable bonds is 2. The minimum Gasteiger partial charge on any atom is -0.457 e. The quantitative estimate of drug-likeness (QED) is 0.774. The maximum absolute atomic E-state index is 12.9. The third kappa shape index (κ3) is 1.92. The summed E-state index contributed by atoms with van der Waals surface area (Å²) in [6.07, 6.45) is 3.38. The van der Waals surface area contributed by atoms with Crippen molar-refractivity contribution in [3.63, 3.8) is 0 Å². The highest BCUT2D eigenvalue weighted by Crippen LogP contribution is 2.56. The summed E-state index contributed by atoms with van der Waals surface area (Å²) in [6, 6.07) is 0. The monoisotopic (exact) mass is 260 g/mol. The van der Waals surface area contributed by atoms with E-state index in [9.17, 15) is 18.7 Å². The Hall–Kier alpha value is -0.710. The van der Waals surface area contributed by atoms with Crippen LogP contribution in [0.5, 0.6) is 0 Å². The topological polar surface area (TPSA) is 46.5 Å². The van der Waals surface area contributed by atoms with Crippen LogP contribution in [0, 0.1) is 17.8 Å². The Balaban J connectivity index is 1.74. The Labute approximate surface area is 105 Å². The molecule has 2 unspecified atom stereocenters. The molecular weight excluding hydrogens is 242 g/mol. The van der Waals surface area contributed by atoms with Crippen molar-refractivity contribution in [2.24, 2.45) is 17.8 Å². The van der Waals surface area contributed by atoms with Crippen LogP contribution in [0.4, 0.5) is 8.78 Å². The molecule has 0 heterocycles. The third-order valence-corrected chi connectivity index (χ3v) is 4.76. The maximum atomic E-state index is 12.9. The van der Waals surface area contributed by atoms with E-state index in [1.165, 1.54) is 0 Å². The molecule has 4 aliphatic rings. The van der Waals surface area contributed by atoms with Gasteiger partial charge in [0.2, 0.25) is 0 Å². The minimum absolute atomic E-state index is 0.0625. The molecule has 0 aromatic carbocycles. The Bertz CT molecular complexity index is 361. The Morgan fingerprint density at radius 1 is 1.28 bits per heavy atom. The summed E-state index contributed by atoms with van der Waals surface area (Å²) in [5, 5.41) is 10.3. The molecule has 4 saturated carbocycles. The second-order valence-electron chi connectivity index (χ2n) is 6.45. The summed E-state index contributed by atoms with van der Waals surface area (Å²) in [6.45, 7) is 0.568. The first-order valence-electron chi connectivity index (χ1n) is 6.58. The lowest BCUT2D eigenvalue weighted by atomic mass is 9.53. The number of halogens is 2. The molecule has 0 spiro atoms. The fourth-order valence-electron chi connectivity index (χ4n) is 4.35. The Morgan fingerprint density at radius 2 is 1.83 bits per heavy atom. The van der Waals surface area contributed by atoms with Gasteiger partial charge in [0, 0.05) is 6.92 Å². The lowest BCUT2D eigenvalue weighted by molar-refractivity contribution is -0.212. The summed E-state index contributed by atoms with van der Waals surface area (Å²) in [5.74, 6) is -4.25. The summed E-state index contributed by atoms with van der Waals surface area (Å²) in [5.41, 5.74) is -0.631. The molecule has 1 N–H and O–H groups in total. The first kappa shape index (κ1) is 12.3. The van der Waals surface area contributed by atoms with Gasteiger partial charge in [-0.3, -0.25) is 0 Å². The van der Waals surface area contributed by atoms with Crippen LogP contribution < -0.4 is 0 Å². The normalized spacial score (nSPS) is 46.2. The number of ether oxygens (including phenoxy) is 1. The lowest BCUT2D eigenvalue weighted by Crippen LogP contribution is -2.58. The standard InChI is InChI=1S/C13H18F2O3/c1-12(14,15)11(16)18-10-8-2-7-3-9(10)6-13(17,4-7)5-8/h7-10,17H,2-6H2,1H3. The van der Waals surface area contributed by atoms with Crippen LogP contribution in [-0.2, 0) is 9.53 Å². The van der Waals surface area contributed by atoms with Crippen molar-refractivity contribution >= 4 is 5.97 Å². The average molecular weight is 260 g/mol. The van der Waals surface area contributed by atoms with Gasteiger partial charge in [-0.05, 0) is 49.9 Å². The van der Waals surface area contributed by atoms with Gasteiger partial charge in [-0.25, -0.2) is 4.79 Å². The number of alkyl halides is 2. The van der Waals surface area contributed by atoms with Crippen molar-refractivity contribution in [3.8, 4) is 0 Å². The molecule has 0 aromatic heterocycles. The van der Waals surface area contributed by atoms with Crippen LogP contribution in [0.25, 0.3) is 0 Å². The number of hydrogen-bond acceptors (Lipinski definition) is 3. The number of aliphatic hydroxyl groups is 1. The molecule has 0 aromatic rings. The van der Waals surface area contributed by atoms with Gasteiger partial charge < -0.3 is 9.84 Å². The predicted molar refractivity (Wildman–Crippen MR) is 59.0 cm³/mol. The van der Waals surface area contributed by atoms with Gasteiger partial charge in [-0.15, -0.1) is 0 Å². The predicted octanol–water partition coefficient (Wildman–Crippen LogP) is 2.12. The van der Waals surface area contributed by atoms with Gasteiger partial charge in [0.15, 0.2) is 0 Å². The summed E-state index contributed by atoms with van der Waals surface area (Å²) in [4.78, 5) is 11.3. The van der Waals surface area contributed by atoms with Crippen LogP contribution >= 0.6 is 0 Å². The van der Waals surface area contributed by atoms with Crippen LogP contribution in [-0.4, -0.2) is 28.7 Å². The molecule has 4 aliphatic carbocycles. The highest BCUT2D eigenvalue weighted by Gasteiger charge is 2.56. The number of esters is 1. The molecule has 3 nitrogen and oxygen atoms in total. The molecule has 102 valence electrons. The SMILES string of the molecule is CC(F)(F)C(=O)OC1C2CC3CC1CC(O)(C3)C2. The van der Waals surface area contributed by atoms with E-state index in [1.807, 2.05) is 0 Å². The highest BCUT2D eigenvalue weighted by atomic mass is 19.3. The molecule has 5 heteroatoms. The van der Waals surface area contributed by atoms with Gasteiger partial charge in [-0.2, -0.15) is 8.78 Å². The van der Waals surface area contributed by atoms with Crippen LogP contribution in [0.1, 0.15) is 39.0 Å². The highest BCUT2D eigenvalue weighted by molar-refractivity contribution is 5.77. The number of carbonyl (C=O) groups excluding carboxylic acids is 1. The zero-order chi connectivity index (χ0) is 13.1. The van der Waals surface area contributed by atoms with E-state index < -0.39 is 23.6 Å². The minimum atomic E-state index is -3.43. The second-order valence-corrected chi connectivity index (χ2v) is 6.45. The first-order valence-corrected chi connectivity index (χ1v) is 6.58. The second kappa shape index (κ2) is 3.65. The van der Waals surface area contributed by atoms with E-state index in [1.54, 1.807) is 0 Å². The Kier molecular flexibility index (Phi) is 2.50. The molecule has 4 fully saturated rings. The molecular formula is C13H18F2O3. The fraction of sp³-hybridized carbons (Fsp3) is 0.923. The van der Waals surface area contributed by atoms with Crippen LogP contribution in [0.2, 0.25) is 0 Å². The van der Waals surface area contributed by atoms with Gasteiger partial charge >= 0.3 is 11.9 Å². The molecule has 0 radical (unpaired) electrons. The molecule has 0 amide bonds. The maximum Gasteiger partial charge on any atom is 0.376 e. The van der Waals surface area contributed by atoms with Crippen LogP contribution in [0.3, 0.4) is 0 Å². The van der Waals surface area contributed by atoms with E-state index in [4.69, 9.17) is 4.74 Å². The van der Waals surface area contributed by atoms with E-state index in [-0.39, 0.29) is 11.8 Å². The average Bonchev–Trinajstić information content (AvgIpc) is 2.19. The van der Waals surface area contributed by atoms with Gasteiger partial charge in [0.1, 0.15) is 6.10 Å². The van der Waals surface area contributed by atoms with Crippen molar-refractivity contribution in [2.45, 2.75) is 56.7 Å². The van der Waals surface area contributed by atoms with Gasteiger partial charge in [-0.1, -0.05) is 0 Å². The lowest BCUT2D eigenvalue weighted by Gasteiger charge is -2.57. The van der Waals surface area contributed by atoms with Gasteiger partial charge in [0.25, 0.3) is 0 Å². The molecule has 0 aliphatic heterocycles. The van der Waals surface area contributed by atoms with Crippen molar-refractivity contribution in [1.82, 2.24) is 0 Å². The number of carbonyl (C=O) groups is 1. The summed E-state index contributed by atoms with van der Waals surface area (Å²) >= 11 is 0. The smallest absolute Gasteiger partial charge is 0.376 e. The summed E-state index contributed by atoms with van der Waals surface area (Å²) in [7, 11) is 0.